The maximum atomic E-state index is 12.4. The summed E-state index contributed by atoms with van der Waals surface area (Å²) >= 11 is 0. The number of amides is 1. The zero-order valence-corrected chi connectivity index (χ0v) is 17.6. The minimum absolute atomic E-state index is 0.0949. The van der Waals surface area contributed by atoms with Crippen LogP contribution in [0.15, 0.2) is 60.8 Å². The van der Waals surface area contributed by atoms with E-state index in [0.717, 1.165) is 27.8 Å². The van der Waals surface area contributed by atoms with Gasteiger partial charge >= 0.3 is 0 Å². The van der Waals surface area contributed by atoms with Gasteiger partial charge in [-0.2, -0.15) is 10.4 Å². The van der Waals surface area contributed by atoms with E-state index in [-0.39, 0.29) is 6.54 Å². The average Bonchev–Trinajstić information content (AvgIpc) is 3.26. The largest absolute Gasteiger partial charge is 0.496 e. The third-order valence-corrected chi connectivity index (χ3v) is 5.24. The lowest BCUT2D eigenvalue weighted by atomic mass is 9.99. The number of pyridine rings is 1. The molecule has 8 nitrogen and oxygen atoms in total. The van der Waals surface area contributed by atoms with E-state index in [1.54, 1.807) is 31.5 Å². The van der Waals surface area contributed by atoms with Crippen molar-refractivity contribution in [2.75, 3.05) is 20.7 Å². The van der Waals surface area contributed by atoms with E-state index >= 15 is 0 Å². The third kappa shape index (κ3) is 3.89. The van der Waals surface area contributed by atoms with Gasteiger partial charge in [-0.1, -0.05) is 30.3 Å². The molecule has 0 bridgehead atoms. The van der Waals surface area contributed by atoms with Crippen LogP contribution in [-0.2, 0) is 4.79 Å². The van der Waals surface area contributed by atoms with Gasteiger partial charge in [0.15, 0.2) is 11.8 Å². The number of carbonyl (C=O) groups is 1. The molecule has 0 aliphatic rings. The molecule has 32 heavy (non-hydrogen) atoms. The normalized spacial score (nSPS) is 11.7. The highest BCUT2D eigenvalue weighted by Crippen LogP contribution is 2.34. The van der Waals surface area contributed by atoms with Gasteiger partial charge in [0.1, 0.15) is 12.3 Å². The number of aromatic nitrogens is 3. The number of hydrogen-bond acceptors (Lipinski definition) is 6. The molecule has 2 heterocycles. The van der Waals surface area contributed by atoms with Crippen molar-refractivity contribution in [3.63, 3.8) is 0 Å². The van der Waals surface area contributed by atoms with Crippen molar-refractivity contribution in [1.82, 2.24) is 20.1 Å². The number of ether oxygens (including phenoxy) is 1. The average molecular weight is 427 g/mol. The van der Waals surface area contributed by atoms with Crippen LogP contribution in [0.3, 0.4) is 0 Å². The van der Waals surface area contributed by atoms with Crippen LogP contribution >= 0.6 is 0 Å². The van der Waals surface area contributed by atoms with Gasteiger partial charge in [-0.05, 0) is 35.4 Å². The van der Waals surface area contributed by atoms with Gasteiger partial charge in [0.25, 0.3) is 5.91 Å². The summed E-state index contributed by atoms with van der Waals surface area (Å²) < 4.78 is 5.48. The summed E-state index contributed by atoms with van der Waals surface area (Å²) in [6.07, 6.45) is 0.340. The summed E-state index contributed by atoms with van der Waals surface area (Å²) in [5.41, 5.74) is 4.26. The highest BCUT2D eigenvalue weighted by molar-refractivity contribution is 5.94. The molecule has 1 atom stereocenters. The van der Waals surface area contributed by atoms with Crippen LogP contribution in [0.25, 0.3) is 33.4 Å². The molecule has 0 saturated heterocycles. The molecule has 1 unspecified atom stereocenters. The summed E-state index contributed by atoms with van der Waals surface area (Å²) in [5.74, 6) is 0.180. The Balaban J connectivity index is 1.73. The molecule has 0 saturated carbocycles. The fraction of sp³-hybridized carbons (Fsp3) is 0.167. The molecule has 0 aliphatic heterocycles. The Morgan fingerprint density at radius 3 is 2.81 bits per heavy atom. The number of nitriles is 1. The van der Waals surface area contributed by atoms with Crippen LogP contribution in [0.1, 0.15) is 11.7 Å². The van der Waals surface area contributed by atoms with E-state index in [4.69, 9.17) is 10.00 Å². The monoisotopic (exact) mass is 427 g/mol. The summed E-state index contributed by atoms with van der Waals surface area (Å²) in [4.78, 5) is 18.0. The number of likely N-dealkylation sites (N-methyl/N-ethyl adjacent to an activating group) is 1. The smallest absolute Gasteiger partial charge is 0.256 e. The molecular weight excluding hydrogens is 406 g/mol. The minimum atomic E-state index is -1.36. The number of benzene rings is 2. The quantitative estimate of drug-likeness (QED) is 0.456. The van der Waals surface area contributed by atoms with Crippen molar-refractivity contribution in [2.45, 2.75) is 6.10 Å². The first-order valence-electron chi connectivity index (χ1n) is 9.91. The zero-order valence-electron chi connectivity index (χ0n) is 17.6. The number of fused-ring (bicyclic) bond motifs is 1. The molecule has 0 fully saturated rings. The zero-order chi connectivity index (χ0) is 22.7. The van der Waals surface area contributed by atoms with Gasteiger partial charge in [0, 0.05) is 29.8 Å². The van der Waals surface area contributed by atoms with Gasteiger partial charge in [-0.3, -0.25) is 9.89 Å². The first kappa shape index (κ1) is 21.0. The molecule has 4 rings (SSSR count). The molecule has 2 N–H and O–H groups in total. The molecule has 4 aromatic rings. The number of hydrogen-bond donors (Lipinski definition) is 2. The number of rotatable bonds is 6. The maximum Gasteiger partial charge on any atom is 0.256 e. The van der Waals surface area contributed by atoms with Gasteiger partial charge in [0.2, 0.25) is 0 Å². The first-order valence-corrected chi connectivity index (χ1v) is 9.91. The number of H-pyrrole nitrogens is 1. The van der Waals surface area contributed by atoms with Crippen molar-refractivity contribution in [3.05, 3.63) is 66.4 Å². The molecule has 1 amide bonds. The summed E-state index contributed by atoms with van der Waals surface area (Å²) in [6.45, 7) is -0.0949. The van der Waals surface area contributed by atoms with Gasteiger partial charge < -0.3 is 14.7 Å². The first-order chi connectivity index (χ1) is 15.5. The minimum Gasteiger partial charge on any atom is -0.496 e. The number of para-hydroxylation sites is 1. The maximum absolute atomic E-state index is 12.4. The summed E-state index contributed by atoms with van der Waals surface area (Å²) in [7, 11) is 3.10. The second-order valence-electron chi connectivity index (χ2n) is 7.27. The number of aliphatic hydroxyl groups is 1. The lowest BCUT2D eigenvalue weighted by Crippen LogP contribution is -2.32. The van der Waals surface area contributed by atoms with E-state index in [0.29, 0.717) is 17.0 Å². The van der Waals surface area contributed by atoms with Crippen molar-refractivity contribution in [2.24, 2.45) is 0 Å². The van der Waals surface area contributed by atoms with Crippen LogP contribution in [0, 0.1) is 11.3 Å². The number of nitrogens with zero attached hydrogens (tertiary/aromatic N) is 4. The van der Waals surface area contributed by atoms with Gasteiger partial charge in [-0.25, -0.2) is 4.98 Å². The van der Waals surface area contributed by atoms with Crippen molar-refractivity contribution in [3.8, 4) is 34.2 Å². The van der Waals surface area contributed by atoms with E-state index in [9.17, 15) is 9.90 Å². The van der Waals surface area contributed by atoms with Crippen LogP contribution in [0.4, 0.5) is 0 Å². The summed E-state index contributed by atoms with van der Waals surface area (Å²) in [6, 6.07) is 18.6. The Labute approximate surface area is 184 Å². The van der Waals surface area contributed by atoms with Crippen LogP contribution in [-0.4, -0.2) is 51.8 Å². The predicted molar refractivity (Wildman–Crippen MR) is 120 cm³/mol. The van der Waals surface area contributed by atoms with E-state index in [1.807, 2.05) is 42.5 Å². The Kier molecular flexibility index (Phi) is 5.83. The molecule has 2 aromatic carbocycles. The van der Waals surface area contributed by atoms with Crippen molar-refractivity contribution in [1.29, 1.82) is 5.26 Å². The third-order valence-electron chi connectivity index (χ3n) is 5.24. The van der Waals surface area contributed by atoms with Crippen molar-refractivity contribution >= 4 is 16.9 Å². The highest BCUT2D eigenvalue weighted by Gasteiger charge is 2.21. The highest BCUT2D eigenvalue weighted by atomic mass is 16.5. The number of aliphatic hydroxyl groups excluding tert-OH is 1. The number of methoxy groups -OCH3 is 1. The molecule has 8 heteroatoms. The predicted octanol–water partition coefficient (Wildman–Crippen LogP) is 3.32. The fourth-order valence-corrected chi connectivity index (χ4v) is 3.54. The Bertz CT molecular complexity index is 1320. The number of nitrogens with one attached hydrogen (secondary N) is 1. The molecule has 0 aliphatic carbocycles. The lowest BCUT2D eigenvalue weighted by Gasteiger charge is -2.18. The number of aromatic amines is 1. The van der Waals surface area contributed by atoms with Crippen LogP contribution in [0.2, 0.25) is 0 Å². The Hall–Kier alpha value is -4.22. The van der Waals surface area contributed by atoms with Crippen molar-refractivity contribution < 1.29 is 14.6 Å². The molecule has 2 aromatic heterocycles. The summed E-state index contributed by atoms with van der Waals surface area (Å²) in [5, 5.41) is 27.5. The second-order valence-corrected chi connectivity index (χ2v) is 7.27. The standard InChI is InChI=1S/C24H21N5O3/c1-29(11-10-25)24(31)22(30)16-7-5-6-15(12-16)17-13-19-21(27-28-23(19)26-14-17)18-8-3-4-9-20(18)32-2/h3-9,12-14,22,30H,11H2,1-2H3,(H,26,27,28). The van der Waals surface area contributed by atoms with Gasteiger partial charge in [-0.15, -0.1) is 0 Å². The van der Waals surface area contributed by atoms with Crippen LogP contribution < -0.4 is 4.74 Å². The SMILES string of the molecule is COc1ccccc1-c1[nH]nc2ncc(-c3cccc(C(O)C(=O)N(C)CC#N)c3)cc12. The van der Waals surface area contributed by atoms with E-state index in [1.165, 1.54) is 11.9 Å². The van der Waals surface area contributed by atoms with E-state index < -0.39 is 12.0 Å². The van der Waals surface area contributed by atoms with E-state index in [2.05, 4.69) is 15.2 Å². The Morgan fingerprint density at radius 2 is 2.03 bits per heavy atom. The topological polar surface area (TPSA) is 115 Å². The number of carbonyl (C=O) groups excluding carboxylic acids is 1. The van der Waals surface area contributed by atoms with Crippen LogP contribution in [0.5, 0.6) is 5.75 Å². The Morgan fingerprint density at radius 1 is 1.22 bits per heavy atom. The molecular formula is C24H21N5O3. The molecule has 0 radical (unpaired) electrons. The second kappa shape index (κ2) is 8.88. The van der Waals surface area contributed by atoms with Gasteiger partial charge in [0.05, 0.1) is 18.9 Å². The molecule has 0 spiro atoms. The molecule has 160 valence electrons. The fourth-order valence-electron chi connectivity index (χ4n) is 3.54. The lowest BCUT2D eigenvalue weighted by molar-refractivity contribution is -0.138.